The Balaban J connectivity index is 0. The average molecular weight is 459 g/mol. The molecule has 0 aliphatic rings. The first-order valence-corrected chi connectivity index (χ1v) is 13.4. The van der Waals surface area contributed by atoms with E-state index in [2.05, 4.69) is 46.4 Å². The summed E-state index contributed by atoms with van der Waals surface area (Å²) < 4.78 is 1.15. The number of guanidine groups is 1. The SMILES string of the molecule is CCCCN=C(N(CCCC)CCCC)[N+](CCCC)(CCCC)CCCC.O=[N+]([O-])[O-]. The second-order valence-electron chi connectivity index (χ2n) is 8.83. The molecule has 0 aromatic rings. The molecule has 0 spiro atoms. The highest BCUT2D eigenvalue weighted by Gasteiger charge is 2.36. The summed E-state index contributed by atoms with van der Waals surface area (Å²) in [5, 5.41) is 14.8. The van der Waals surface area contributed by atoms with Crippen LogP contribution >= 0.6 is 0 Å². The molecule has 0 saturated heterocycles. The highest BCUT2D eigenvalue weighted by Crippen LogP contribution is 2.20. The van der Waals surface area contributed by atoms with E-state index in [0.717, 1.165) is 11.0 Å². The lowest BCUT2D eigenvalue weighted by molar-refractivity contribution is -0.848. The van der Waals surface area contributed by atoms with Crippen LogP contribution in [0.5, 0.6) is 0 Å². The minimum atomic E-state index is -1.75. The van der Waals surface area contributed by atoms with Gasteiger partial charge in [-0.25, -0.2) is 4.99 Å². The highest BCUT2D eigenvalue weighted by molar-refractivity contribution is 5.73. The monoisotopic (exact) mass is 458 g/mol. The van der Waals surface area contributed by atoms with Gasteiger partial charge in [0, 0.05) is 19.6 Å². The van der Waals surface area contributed by atoms with Crippen molar-refractivity contribution in [1.29, 1.82) is 0 Å². The Labute approximate surface area is 199 Å². The Morgan fingerprint density at radius 1 is 0.688 bits per heavy atom. The summed E-state index contributed by atoms with van der Waals surface area (Å²) in [7, 11) is 0. The predicted molar refractivity (Wildman–Crippen MR) is 139 cm³/mol. The van der Waals surface area contributed by atoms with Crippen LogP contribution in [0.3, 0.4) is 0 Å². The summed E-state index contributed by atoms with van der Waals surface area (Å²) >= 11 is 0. The van der Waals surface area contributed by atoms with Gasteiger partial charge in [0.25, 0.3) is 5.96 Å². The molecule has 0 aromatic heterocycles. The molecule has 0 rings (SSSR count). The molecule has 0 aromatic carbocycles. The van der Waals surface area contributed by atoms with Gasteiger partial charge in [-0.3, -0.25) is 4.48 Å². The van der Waals surface area contributed by atoms with E-state index < -0.39 is 5.09 Å². The van der Waals surface area contributed by atoms with E-state index in [9.17, 15) is 0 Å². The third-order valence-corrected chi connectivity index (χ3v) is 5.85. The van der Waals surface area contributed by atoms with Crippen molar-refractivity contribution in [2.75, 3.05) is 39.3 Å². The smallest absolute Gasteiger partial charge is 0.300 e. The van der Waals surface area contributed by atoms with Gasteiger partial charge < -0.3 is 20.2 Å². The normalized spacial score (nSPS) is 11.8. The minimum Gasteiger partial charge on any atom is -0.356 e. The Morgan fingerprint density at radius 2 is 1.03 bits per heavy atom. The maximum absolute atomic E-state index is 8.25. The van der Waals surface area contributed by atoms with Crippen molar-refractivity contribution in [2.45, 2.75) is 119 Å². The Bertz CT molecular complexity index is 425. The van der Waals surface area contributed by atoms with Gasteiger partial charge in [0.1, 0.15) is 0 Å². The molecule has 0 unspecified atom stereocenters. The highest BCUT2D eigenvalue weighted by atomic mass is 16.9. The first-order chi connectivity index (χ1) is 15.4. The van der Waals surface area contributed by atoms with Crippen LogP contribution in [0.15, 0.2) is 4.99 Å². The van der Waals surface area contributed by atoms with Gasteiger partial charge in [-0.15, -0.1) is 0 Å². The van der Waals surface area contributed by atoms with Crippen LogP contribution in [0.25, 0.3) is 0 Å². The van der Waals surface area contributed by atoms with E-state index in [1.54, 1.807) is 0 Å². The lowest BCUT2D eigenvalue weighted by Crippen LogP contribution is -2.61. The van der Waals surface area contributed by atoms with Crippen LogP contribution < -0.4 is 0 Å². The van der Waals surface area contributed by atoms with Crippen molar-refractivity contribution in [3.63, 3.8) is 0 Å². The van der Waals surface area contributed by atoms with Crippen LogP contribution in [-0.4, -0.2) is 59.7 Å². The molecule has 0 N–H and O–H groups in total. The van der Waals surface area contributed by atoms with Gasteiger partial charge in [0.15, 0.2) is 0 Å². The van der Waals surface area contributed by atoms with E-state index in [4.69, 9.17) is 20.3 Å². The number of unbranched alkanes of at least 4 members (excludes halogenated alkanes) is 6. The number of hydrogen-bond donors (Lipinski definition) is 0. The zero-order valence-electron chi connectivity index (χ0n) is 22.2. The molecule has 0 atom stereocenters. The molecule has 32 heavy (non-hydrogen) atoms. The van der Waals surface area contributed by atoms with Gasteiger partial charge in [0.05, 0.1) is 24.7 Å². The number of rotatable bonds is 18. The van der Waals surface area contributed by atoms with E-state index in [1.807, 2.05) is 0 Å². The molecular weight excluding hydrogens is 404 g/mol. The fourth-order valence-electron chi connectivity index (χ4n) is 3.91. The van der Waals surface area contributed by atoms with E-state index in [-0.39, 0.29) is 0 Å². The van der Waals surface area contributed by atoms with Crippen molar-refractivity contribution in [1.82, 2.24) is 4.90 Å². The molecule has 0 radical (unpaired) electrons. The summed E-state index contributed by atoms with van der Waals surface area (Å²) in [6.07, 6.45) is 15.3. The van der Waals surface area contributed by atoms with Crippen LogP contribution in [0.4, 0.5) is 0 Å². The van der Waals surface area contributed by atoms with Crippen molar-refractivity contribution in [3.8, 4) is 0 Å². The Morgan fingerprint density at radius 3 is 1.34 bits per heavy atom. The molecule has 0 aliphatic carbocycles. The predicted octanol–water partition coefficient (Wildman–Crippen LogP) is 7.02. The molecule has 192 valence electrons. The third-order valence-electron chi connectivity index (χ3n) is 5.85. The zero-order chi connectivity index (χ0) is 24.7. The molecule has 0 amide bonds. The van der Waals surface area contributed by atoms with E-state index in [1.165, 1.54) is 116 Å². The summed E-state index contributed by atoms with van der Waals surface area (Å²) in [4.78, 5) is 16.3. The van der Waals surface area contributed by atoms with Gasteiger partial charge in [-0.1, -0.05) is 80.1 Å². The number of quaternary nitrogens is 1. The third kappa shape index (κ3) is 16.3. The van der Waals surface area contributed by atoms with Crippen molar-refractivity contribution < 1.29 is 9.57 Å². The lowest BCUT2D eigenvalue weighted by Gasteiger charge is -2.43. The van der Waals surface area contributed by atoms with Gasteiger partial charge >= 0.3 is 0 Å². The van der Waals surface area contributed by atoms with E-state index >= 15 is 0 Å². The summed E-state index contributed by atoms with van der Waals surface area (Å²) in [5.74, 6) is 1.45. The number of nitrogens with zero attached hydrogens (tertiary/aromatic N) is 4. The first-order valence-electron chi connectivity index (χ1n) is 13.4. The summed E-state index contributed by atoms with van der Waals surface area (Å²) in [5.41, 5.74) is 0. The summed E-state index contributed by atoms with van der Waals surface area (Å²) in [6, 6.07) is 0. The quantitative estimate of drug-likeness (QED) is 0.0551. The molecule has 0 heterocycles. The number of aliphatic imine (C=N–C) groups is 1. The Kier molecular flexibility index (Phi) is 23.4. The van der Waals surface area contributed by atoms with Gasteiger partial charge in [0.2, 0.25) is 0 Å². The van der Waals surface area contributed by atoms with Crippen LogP contribution in [0.1, 0.15) is 119 Å². The fourth-order valence-corrected chi connectivity index (χ4v) is 3.91. The maximum Gasteiger partial charge on any atom is 0.300 e. The molecule has 0 bridgehead atoms. The molecule has 0 fully saturated rings. The second kappa shape index (κ2) is 22.8. The second-order valence-corrected chi connectivity index (χ2v) is 8.83. The molecular formula is C25H54N4O3. The van der Waals surface area contributed by atoms with Crippen molar-refractivity contribution >= 4 is 5.96 Å². The van der Waals surface area contributed by atoms with Crippen LogP contribution in [-0.2, 0) is 0 Å². The van der Waals surface area contributed by atoms with Gasteiger partial charge in [-0.2, -0.15) is 0 Å². The van der Waals surface area contributed by atoms with Crippen LogP contribution in [0, 0.1) is 15.3 Å². The van der Waals surface area contributed by atoms with Gasteiger partial charge in [-0.05, 0) is 38.5 Å². The summed E-state index contributed by atoms with van der Waals surface area (Å²) in [6.45, 7) is 21.1. The fraction of sp³-hybridized carbons (Fsp3) is 0.960. The molecule has 7 nitrogen and oxygen atoms in total. The molecule has 0 aliphatic heterocycles. The number of hydrogen-bond acceptors (Lipinski definition) is 4. The lowest BCUT2D eigenvalue weighted by atomic mass is 10.1. The molecule has 0 saturated carbocycles. The Hall–Kier alpha value is -1.37. The topological polar surface area (TPSA) is 81.8 Å². The first kappa shape index (κ1) is 32.8. The van der Waals surface area contributed by atoms with E-state index in [0.29, 0.717) is 0 Å². The molecule has 7 heteroatoms. The van der Waals surface area contributed by atoms with Crippen LogP contribution in [0.2, 0.25) is 0 Å². The zero-order valence-corrected chi connectivity index (χ0v) is 22.2. The average Bonchev–Trinajstić information content (AvgIpc) is 2.77. The van der Waals surface area contributed by atoms with Crippen molar-refractivity contribution in [2.24, 2.45) is 4.99 Å². The largest absolute Gasteiger partial charge is 0.356 e. The maximum atomic E-state index is 8.25. The standard InChI is InChI=1S/C25H54N3.NO3/c1-7-13-19-26-25(27(20-14-8-2)21-15-9-3)28(22-16-10-4,23-17-11-5)24-18-12-6;2-1(3)4/h7-24H2,1-6H3;/q+1;-1. The van der Waals surface area contributed by atoms with Crippen molar-refractivity contribution in [3.05, 3.63) is 15.3 Å². The minimum absolute atomic E-state index is 1.00.